The molecular weight excluding hydrogens is 328 g/mol. The number of hydrogen-bond donors (Lipinski definition) is 0. The zero-order valence-electron chi connectivity index (χ0n) is 13.8. The molecule has 0 N–H and O–H groups in total. The molecule has 0 bridgehead atoms. The average molecular weight is 349 g/mol. The average Bonchev–Trinajstić information content (AvgIpc) is 2.63. The van der Waals surface area contributed by atoms with Gasteiger partial charge in [-0.25, -0.2) is 4.98 Å². The number of ether oxygens (including phenoxy) is 2. The summed E-state index contributed by atoms with van der Waals surface area (Å²) in [4.78, 5) is 17.6. The molecule has 0 saturated heterocycles. The number of anilines is 1. The topological polar surface area (TPSA) is 51.7 Å². The normalized spacial score (nSPS) is 11.6. The van der Waals surface area contributed by atoms with Crippen LogP contribution < -0.4 is 9.64 Å². The van der Waals surface area contributed by atoms with Crippen LogP contribution in [0.3, 0.4) is 0 Å². The molecule has 0 amide bonds. The van der Waals surface area contributed by atoms with Gasteiger partial charge in [0, 0.05) is 13.2 Å². The van der Waals surface area contributed by atoms with E-state index in [0.29, 0.717) is 13.0 Å². The molecule has 0 fully saturated rings. The fraction of sp³-hybridized carbons (Fsp3) is 0.333. The number of rotatable bonds is 8. The number of carbonyl (C=O) groups is 1. The summed E-state index contributed by atoms with van der Waals surface area (Å²) in [6, 6.07) is 13.3. The van der Waals surface area contributed by atoms with E-state index in [1.807, 2.05) is 54.4 Å². The second-order valence-corrected chi connectivity index (χ2v) is 5.82. The molecule has 128 valence electrons. The maximum absolute atomic E-state index is 11.3. The Morgan fingerprint density at radius 1 is 1.25 bits per heavy atom. The highest BCUT2D eigenvalue weighted by Gasteiger charge is 2.16. The van der Waals surface area contributed by atoms with Crippen molar-refractivity contribution in [1.82, 2.24) is 4.98 Å². The standard InChI is InChI=1S/C18H21ClN2O3/c1-21(17-5-3-4-10-20-17)11-12-24-15-8-6-14(7-9-15)13-16(19)18(22)23-2/h3-10,16H,11-13H2,1-2H3. The van der Waals surface area contributed by atoms with Crippen LogP contribution in [-0.4, -0.2) is 43.6 Å². The van der Waals surface area contributed by atoms with Crippen LogP contribution in [0.25, 0.3) is 0 Å². The molecule has 1 aromatic heterocycles. The van der Waals surface area contributed by atoms with E-state index in [1.54, 1.807) is 6.20 Å². The Labute approximate surface area is 147 Å². The number of methoxy groups -OCH3 is 1. The van der Waals surface area contributed by atoms with Crippen molar-refractivity contribution >= 4 is 23.4 Å². The summed E-state index contributed by atoms with van der Waals surface area (Å²) in [6.07, 6.45) is 2.20. The van der Waals surface area contributed by atoms with E-state index in [2.05, 4.69) is 9.72 Å². The summed E-state index contributed by atoms with van der Waals surface area (Å²) in [5.74, 6) is 1.26. The summed E-state index contributed by atoms with van der Waals surface area (Å²) in [6.45, 7) is 1.28. The minimum Gasteiger partial charge on any atom is -0.492 e. The number of likely N-dealkylation sites (N-methyl/N-ethyl adjacent to an activating group) is 1. The van der Waals surface area contributed by atoms with Gasteiger partial charge in [0.15, 0.2) is 0 Å². The van der Waals surface area contributed by atoms with Crippen molar-refractivity contribution < 1.29 is 14.3 Å². The first-order valence-electron chi connectivity index (χ1n) is 7.66. The van der Waals surface area contributed by atoms with Crippen LogP contribution in [0.15, 0.2) is 48.7 Å². The molecule has 0 radical (unpaired) electrons. The van der Waals surface area contributed by atoms with E-state index in [9.17, 15) is 4.79 Å². The van der Waals surface area contributed by atoms with Gasteiger partial charge < -0.3 is 14.4 Å². The number of esters is 1. The minimum atomic E-state index is -0.672. The molecule has 0 spiro atoms. The van der Waals surface area contributed by atoms with Crippen LogP contribution in [0.1, 0.15) is 5.56 Å². The summed E-state index contributed by atoms with van der Waals surface area (Å²) in [5, 5.41) is -0.672. The van der Waals surface area contributed by atoms with Crippen molar-refractivity contribution in [2.24, 2.45) is 0 Å². The number of halogens is 1. The van der Waals surface area contributed by atoms with E-state index in [-0.39, 0.29) is 0 Å². The quantitative estimate of drug-likeness (QED) is 0.542. The highest BCUT2D eigenvalue weighted by atomic mass is 35.5. The third kappa shape index (κ3) is 5.42. The largest absolute Gasteiger partial charge is 0.492 e. The third-order valence-electron chi connectivity index (χ3n) is 3.53. The smallest absolute Gasteiger partial charge is 0.324 e. The molecule has 1 aromatic carbocycles. The highest BCUT2D eigenvalue weighted by molar-refractivity contribution is 6.30. The van der Waals surface area contributed by atoms with Gasteiger partial charge in [0.1, 0.15) is 23.6 Å². The third-order valence-corrected chi connectivity index (χ3v) is 3.86. The molecule has 24 heavy (non-hydrogen) atoms. The monoisotopic (exact) mass is 348 g/mol. The lowest BCUT2D eigenvalue weighted by atomic mass is 10.1. The summed E-state index contributed by atoms with van der Waals surface area (Å²) >= 11 is 5.97. The maximum Gasteiger partial charge on any atom is 0.324 e. The fourth-order valence-electron chi connectivity index (χ4n) is 2.13. The Bertz CT molecular complexity index is 634. The second kappa shape index (κ2) is 9.13. The van der Waals surface area contributed by atoms with E-state index in [4.69, 9.17) is 16.3 Å². The number of hydrogen-bond acceptors (Lipinski definition) is 5. The molecule has 0 saturated carbocycles. The molecule has 1 atom stereocenters. The Morgan fingerprint density at radius 2 is 2.00 bits per heavy atom. The van der Waals surface area contributed by atoms with Gasteiger partial charge in [0.2, 0.25) is 0 Å². The van der Waals surface area contributed by atoms with Gasteiger partial charge in [0.05, 0.1) is 13.7 Å². The SMILES string of the molecule is COC(=O)C(Cl)Cc1ccc(OCCN(C)c2ccccn2)cc1. The number of pyridine rings is 1. The molecule has 6 heteroatoms. The van der Waals surface area contributed by atoms with Crippen molar-refractivity contribution in [2.75, 3.05) is 32.2 Å². The van der Waals surface area contributed by atoms with Gasteiger partial charge in [-0.3, -0.25) is 4.79 Å². The summed E-state index contributed by atoms with van der Waals surface area (Å²) < 4.78 is 10.3. The van der Waals surface area contributed by atoms with Crippen LogP contribution in [0.5, 0.6) is 5.75 Å². The molecule has 2 rings (SSSR count). The zero-order chi connectivity index (χ0) is 17.4. The van der Waals surface area contributed by atoms with Gasteiger partial charge in [-0.2, -0.15) is 0 Å². The molecule has 0 aliphatic carbocycles. The molecule has 1 heterocycles. The van der Waals surface area contributed by atoms with Gasteiger partial charge in [-0.05, 0) is 36.2 Å². The van der Waals surface area contributed by atoms with Gasteiger partial charge in [-0.15, -0.1) is 11.6 Å². The predicted octanol–water partition coefficient (Wildman–Crippen LogP) is 2.92. The number of aromatic nitrogens is 1. The van der Waals surface area contributed by atoms with Crippen molar-refractivity contribution in [2.45, 2.75) is 11.8 Å². The predicted molar refractivity (Wildman–Crippen MR) is 94.8 cm³/mol. The maximum atomic E-state index is 11.3. The number of benzene rings is 1. The number of nitrogens with zero attached hydrogens (tertiary/aromatic N) is 2. The Morgan fingerprint density at radius 3 is 2.62 bits per heavy atom. The lowest BCUT2D eigenvalue weighted by molar-refractivity contribution is -0.140. The van der Waals surface area contributed by atoms with E-state index >= 15 is 0 Å². The van der Waals surface area contributed by atoms with Gasteiger partial charge >= 0.3 is 5.97 Å². The lowest BCUT2D eigenvalue weighted by Crippen LogP contribution is -2.24. The van der Waals surface area contributed by atoms with Crippen LogP contribution in [0.2, 0.25) is 0 Å². The highest BCUT2D eigenvalue weighted by Crippen LogP contribution is 2.16. The molecule has 5 nitrogen and oxygen atoms in total. The van der Waals surface area contributed by atoms with E-state index in [0.717, 1.165) is 23.7 Å². The zero-order valence-corrected chi connectivity index (χ0v) is 14.6. The van der Waals surface area contributed by atoms with Crippen molar-refractivity contribution in [1.29, 1.82) is 0 Å². The Balaban J connectivity index is 1.78. The van der Waals surface area contributed by atoms with E-state index in [1.165, 1.54) is 7.11 Å². The van der Waals surface area contributed by atoms with Crippen LogP contribution >= 0.6 is 11.6 Å². The first kappa shape index (κ1) is 18.1. The summed E-state index contributed by atoms with van der Waals surface area (Å²) in [5.41, 5.74) is 0.957. The van der Waals surface area contributed by atoms with Gasteiger partial charge in [0.25, 0.3) is 0 Å². The molecule has 2 aromatic rings. The summed E-state index contributed by atoms with van der Waals surface area (Å²) in [7, 11) is 3.30. The first-order chi connectivity index (χ1) is 11.6. The fourth-order valence-corrected chi connectivity index (χ4v) is 2.40. The molecule has 0 aliphatic heterocycles. The Kier molecular flexibility index (Phi) is 6.88. The molecule has 0 aliphatic rings. The minimum absolute atomic E-state index is 0.422. The number of alkyl halides is 1. The molecular formula is C18H21ClN2O3. The Hall–Kier alpha value is -2.27. The van der Waals surface area contributed by atoms with Crippen molar-refractivity contribution in [3.63, 3.8) is 0 Å². The molecule has 1 unspecified atom stereocenters. The lowest BCUT2D eigenvalue weighted by Gasteiger charge is -2.18. The second-order valence-electron chi connectivity index (χ2n) is 5.30. The van der Waals surface area contributed by atoms with Gasteiger partial charge in [-0.1, -0.05) is 18.2 Å². The van der Waals surface area contributed by atoms with Crippen LogP contribution in [0.4, 0.5) is 5.82 Å². The van der Waals surface area contributed by atoms with Crippen molar-refractivity contribution in [3.8, 4) is 5.75 Å². The van der Waals surface area contributed by atoms with Crippen LogP contribution in [-0.2, 0) is 16.0 Å². The number of carbonyl (C=O) groups excluding carboxylic acids is 1. The van der Waals surface area contributed by atoms with Crippen molar-refractivity contribution in [3.05, 3.63) is 54.2 Å². The van der Waals surface area contributed by atoms with E-state index < -0.39 is 11.3 Å². The first-order valence-corrected chi connectivity index (χ1v) is 8.09. The van der Waals surface area contributed by atoms with Crippen LogP contribution in [0, 0.1) is 0 Å².